The summed E-state index contributed by atoms with van der Waals surface area (Å²) in [5, 5.41) is 9.34. The van der Waals surface area contributed by atoms with E-state index in [1.54, 1.807) is 6.20 Å². The SMILES string of the molecule is CCC(C)(C)N(C)c1ncc(Br)cc1CO. The first-order valence-corrected chi connectivity index (χ1v) is 6.20. The Balaban J connectivity index is 3.13. The van der Waals surface area contributed by atoms with Crippen molar-refractivity contribution in [1.82, 2.24) is 4.98 Å². The predicted octanol–water partition coefficient (Wildman–Crippen LogP) is 2.96. The van der Waals surface area contributed by atoms with Gasteiger partial charge in [0.05, 0.1) is 6.61 Å². The number of hydrogen-bond donors (Lipinski definition) is 1. The molecule has 0 fully saturated rings. The van der Waals surface area contributed by atoms with Crippen LogP contribution in [0.2, 0.25) is 0 Å². The largest absolute Gasteiger partial charge is 0.392 e. The van der Waals surface area contributed by atoms with Crippen molar-refractivity contribution in [3.63, 3.8) is 0 Å². The lowest BCUT2D eigenvalue weighted by Crippen LogP contribution is -2.41. The van der Waals surface area contributed by atoms with E-state index in [2.05, 4.69) is 46.6 Å². The zero-order valence-electron chi connectivity index (χ0n) is 10.3. The summed E-state index contributed by atoms with van der Waals surface area (Å²) in [5.41, 5.74) is 0.878. The first kappa shape index (κ1) is 13.5. The molecule has 1 heterocycles. The number of nitrogens with zero attached hydrogens (tertiary/aromatic N) is 2. The van der Waals surface area contributed by atoms with Gasteiger partial charge in [0.2, 0.25) is 0 Å². The second kappa shape index (κ2) is 5.15. The van der Waals surface area contributed by atoms with E-state index in [4.69, 9.17) is 0 Å². The van der Waals surface area contributed by atoms with Gasteiger partial charge in [0.15, 0.2) is 0 Å². The van der Waals surface area contributed by atoms with E-state index in [0.29, 0.717) is 0 Å². The van der Waals surface area contributed by atoms with Gasteiger partial charge in [-0.3, -0.25) is 0 Å². The van der Waals surface area contributed by atoms with Gasteiger partial charge in [-0.15, -0.1) is 0 Å². The molecule has 1 rings (SSSR count). The third kappa shape index (κ3) is 2.74. The van der Waals surface area contributed by atoms with E-state index in [-0.39, 0.29) is 12.1 Å². The highest BCUT2D eigenvalue weighted by Gasteiger charge is 2.24. The highest BCUT2D eigenvalue weighted by molar-refractivity contribution is 9.10. The summed E-state index contributed by atoms with van der Waals surface area (Å²) in [6.07, 6.45) is 2.78. The van der Waals surface area contributed by atoms with Crippen LogP contribution in [0.25, 0.3) is 0 Å². The molecule has 16 heavy (non-hydrogen) atoms. The van der Waals surface area contributed by atoms with Crippen molar-refractivity contribution in [2.24, 2.45) is 0 Å². The van der Waals surface area contributed by atoms with Crippen molar-refractivity contribution in [1.29, 1.82) is 0 Å². The van der Waals surface area contributed by atoms with Gasteiger partial charge in [-0.2, -0.15) is 0 Å². The lowest BCUT2D eigenvalue weighted by Gasteiger charge is -2.36. The fourth-order valence-corrected chi connectivity index (χ4v) is 1.79. The molecular formula is C12H19BrN2O. The van der Waals surface area contributed by atoms with Gasteiger partial charge in [0.25, 0.3) is 0 Å². The Bertz CT molecular complexity index is 366. The van der Waals surface area contributed by atoms with Crippen molar-refractivity contribution in [3.05, 3.63) is 22.3 Å². The zero-order valence-corrected chi connectivity index (χ0v) is 11.9. The molecule has 0 aliphatic rings. The standard InChI is InChI=1S/C12H19BrN2O/c1-5-12(2,3)15(4)11-9(8-16)6-10(13)7-14-11/h6-7,16H,5,8H2,1-4H3. The average molecular weight is 287 g/mol. The Labute approximate surface area is 106 Å². The molecule has 0 aliphatic carbocycles. The first-order valence-electron chi connectivity index (χ1n) is 5.41. The summed E-state index contributed by atoms with van der Waals surface area (Å²) in [6.45, 7) is 6.48. The predicted molar refractivity (Wildman–Crippen MR) is 70.6 cm³/mol. The Hall–Kier alpha value is -0.610. The van der Waals surface area contributed by atoms with E-state index < -0.39 is 0 Å². The number of rotatable bonds is 4. The van der Waals surface area contributed by atoms with Crippen LogP contribution in [0.15, 0.2) is 16.7 Å². The summed E-state index contributed by atoms with van der Waals surface area (Å²) in [5.74, 6) is 0.845. The number of aliphatic hydroxyl groups is 1. The van der Waals surface area contributed by atoms with Gasteiger partial charge >= 0.3 is 0 Å². The second-order valence-electron chi connectivity index (χ2n) is 4.52. The van der Waals surface area contributed by atoms with Crippen molar-refractivity contribution < 1.29 is 5.11 Å². The van der Waals surface area contributed by atoms with Crippen LogP contribution in [0, 0.1) is 0 Å². The topological polar surface area (TPSA) is 36.4 Å². The summed E-state index contributed by atoms with van der Waals surface area (Å²) in [6, 6.07) is 1.91. The van der Waals surface area contributed by atoms with Crippen LogP contribution in [0.3, 0.4) is 0 Å². The number of halogens is 1. The minimum atomic E-state index is 0.00586. The van der Waals surface area contributed by atoms with Gasteiger partial charge in [-0.25, -0.2) is 4.98 Å². The Morgan fingerprint density at radius 2 is 2.12 bits per heavy atom. The number of anilines is 1. The fourth-order valence-electron chi connectivity index (χ4n) is 1.42. The minimum absolute atomic E-state index is 0.00586. The highest BCUT2D eigenvalue weighted by atomic mass is 79.9. The van der Waals surface area contributed by atoms with Gasteiger partial charge in [-0.05, 0) is 42.3 Å². The summed E-state index contributed by atoms with van der Waals surface area (Å²) < 4.78 is 0.892. The van der Waals surface area contributed by atoms with E-state index in [1.807, 2.05) is 13.1 Å². The molecule has 0 aliphatic heterocycles. The van der Waals surface area contributed by atoms with E-state index in [9.17, 15) is 5.11 Å². The summed E-state index contributed by atoms with van der Waals surface area (Å²) in [7, 11) is 2.01. The highest BCUT2D eigenvalue weighted by Crippen LogP contribution is 2.27. The number of hydrogen-bond acceptors (Lipinski definition) is 3. The molecule has 0 unspecified atom stereocenters. The molecule has 0 radical (unpaired) electrons. The maximum absolute atomic E-state index is 9.34. The molecule has 3 nitrogen and oxygen atoms in total. The molecule has 0 bridgehead atoms. The normalized spacial score (nSPS) is 11.6. The van der Waals surface area contributed by atoms with Crippen LogP contribution >= 0.6 is 15.9 Å². The van der Waals surface area contributed by atoms with E-state index in [1.165, 1.54) is 0 Å². The molecule has 4 heteroatoms. The number of aromatic nitrogens is 1. The van der Waals surface area contributed by atoms with Crippen LogP contribution in [0.5, 0.6) is 0 Å². The van der Waals surface area contributed by atoms with Crippen LogP contribution in [-0.2, 0) is 6.61 Å². The van der Waals surface area contributed by atoms with E-state index in [0.717, 1.165) is 22.3 Å². The van der Waals surface area contributed by atoms with Crippen LogP contribution in [0.4, 0.5) is 5.82 Å². The maximum Gasteiger partial charge on any atom is 0.134 e. The van der Waals surface area contributed by atoms with Crippen molar-refractivity contribution >= 4 is 21.7 Å². The molecule has 1 aromatic rings. The molecule has 0 aromatic carbocycles. The quantitative estimate of drug-likeness (QED) is 0.925. The molecule has 0 saturated heterocycles. The molecule has 1 N–H and O–H groups in total. The van der Waals surface area contributed by atoms with Gasteiger partial charge in [0.1, 0.15) is 5.82 Å². The van der Waals surface area contributed by atoms with Gasteiger partial charge in [-0.1, -0.05) is 6.92 Å². The monoisotopic (exact) mass is 286 g/mol. The molecule has 0 amide bonds. The Morgan fingerprint density at radius 1 is 1.50 bits per heavy atom. The zero-order chi connectivity index (χ0) is 12.3. The number of aliphatic hydroxyl groups excluding tert-OH is 1. The van der Waals surface area contributed by atoms with Crippen LogP contribution in [0.1, 0.15) is 32.8 Å². The summed E-state index contributed by atoms with van der Waals surface area (Å²) in [4.78, 5) is 6.50. The first-order chi connectivity index (χ1) is 7.42. The maximum atomic E-state index is 9.34. The lowest BCUT2D eigenvalue weighted by molar-refractivity contribution is 0.281. The van der Waals surface area contributed by atoms with Crippen LogP contribution in [-0.4, -0.2) is 22.7 Å². The molecule has 1 aromatic heterocycles. The smallest absolute Gasteiger partial charge is 0.134 e. The third-order valence-corrected chi connectivity index (χ3v) is 3.60. The van der Waals surface area contributed by atoms with Crippen molar-refractivity contribution in [3.8, 4) is 0 Å². The molecule has 0 saturated carbocycles. The number of pyridine rings is 1. The molecule has 90 valence electrons. The van der Waals surface area contributed by atoms with Gasteiger partial charge < -0.3 is 10.0 Å². The third-order valence-electron chi connectivity index (χ3n) is 3.17. The summed E-state index contributed by atoms with van der Waals surface area (Å²) >= 11 is 3.36. The second-order valence-corrected chi connectivity index (χ2v) is 5.44. The van der Waals surface area contributed by atoms with Gasteiger partial charge in [0, 0.05) is 28.8 Å². The molecule has 0 spiro atoms. The average Bonchev–Trinajstić information content (AvgIpc) is 2.27. The Kier molecular flexibility index (Phi) is 4.33. The molecular weight excluding hydrogens is 268 g/mol. The van der Waals surface area contributed by atoms with E-state index >= 15 is 0 Å². The minimum Gasteiger partial charge on any atom is -0.392 e. The lowest BCUT2D eigenvalue weighted by atomic mass is 9.99. The van der Waals surface area contributed by atoms with Crippen molar-refractivity contribution in [2.45, 2.75) is 39.3 Å². The molecule has 0 atom stereocenters. The van der Waals surface area contributed by atoms with Crippen molar-refractivity contribution in [2.75, 3.05) is 11.9 Å². The fraction of sp³-hybridized carbons (Fsp3) is 0.583. The Morgan fingerprint density at radius 3 is 2.62 bits per heavy atom. The van der Waals surface area contributed by atoms with Crippen LogP contribution < -0.4 is 4.90 Å².